The first-order chi connectivity index (χ1) is 5.29. The molecule has 2 aromatic rings. The normalized spacial score (nSPS) is 10.6. The van der Waals surface area contributed by atoms with Crippen LogP contribution in [-0.4, -0.2) is 25.0 Å². The average Bonchev–Trinajstić information content (AvgIpc) is 2.35. The highest BCUT2D eigenvalue weighted by atomic mass is 79.9. The Morgan fingerprint density at radius 3 is 3.18 bits per heavy atom. The van der Waals surface area contributed by atoms with E-state index in [2.05, 4.69) is 36.4 Å². The molecule has 0 aliphatic rings. The van der Waals surface area contributed by atoms with Crippen LogP contribution in [0.25, 0.3) is 5.65 Å². The molecule has 0 aromatic carbocycles. The van der Waals surface area contributed by atoms with Crippen LogP contribution in [0.1, 0.15) is 0 Å². The molecule has 0 saturated carbocycles. The van der Waals surface area contributed by atoms with Crippen molar-refractivity contribution in [2.75, 3.05) is 0 Å². The van der Waals surface area contributed by atoms with Crippen molar-refractivity contribution in [2.45, 2.75) is 0 Å². The van der Waals surface area contributed by atoms with E-state index in [0.29, 0.717) is 10.1 Å². The van der Waals surface area contributed by atoms with Crippen LogP contribution in [-0.2, 0) is 0 Å². The van der Waals surface area contributed by atoms with Gasteiger partial charge < -0.3 is 0 Å². The molecular weight excluding hydrogens is 214 g/mol. The van der Waals surface area contributed by atoms with Crippen LogP contribution in [0.15, 0.2) is 15.5 Å². The highest BCUT2D eigenvalue weighted by molar-refractivity contribution is 9.10. The number of nitrogens with one attached hydrogen (secondary N) is 1. The molecule has 11 heavy (non-hydrogen) atoms. The number of hydrogen-bond acceptors (Lipinski definition) is 4. The van der Waals surface area contributed by atoms with E-state index < -0.39 is 5.69 Å². The van der Waals surface area contributed by atoms with Gasteiger partial charge in [-0.05, 0) is 15.9 Å². The third kappa shape index (κ3) is 0.845. The van der Waals surface area contributed by atoms with E-state index >= 15 is 0 Å². The maximum Gasteiger partial charge on any atom is 0.365 e. The van der Waals surface area contributed by atoms with Gasteiger partial charge >= 0.3 is 5.69 Å². The number of fused-ring (bicyclic) bond motifs is 1. The largest absolute Gasteiger partial charge is 0.365 e. The Labute approximate surface area is 68.4 Å². The van der Waals surface area contributed by atoms with Crippen molar-refractivity contribution < 1.29 is 0 Å². The smallest absolute Gasteiger partial charge is 0.244 e. The van der Waals surface area contributed by atoms with Crippen molar-refractivity contribution in [3.05, 3.63) is 21.2 Å². The van der Waals surface area contributed by atoms with Crippen LogP contribution in [0, 0.1) is 0 Å². The third-order valence-corrected chi connectivity index (χ3v) is 1.74. The number of halogens is 1. The molecule has 2 rings (SSSR count). The van der Waals surface area contributed by atoms with E-state index in [1.807, 2.05) is 0 Å². The Balaban J connectivity index is 3.06. The zero-order valence-corrected chi connectivity index (χ0v) is 6.74. The molecule has 6 nitrogen and oxygen atoms in total. The predicted molar refractivity (Wildman–Crippen MR) is 39.1 cm³/mol. The van der Waals surface area contributed by atoms with Gasteiger partial charge in [0.1, 0.15) is 0 Å². The topological polar surface area (TPSA) is 75.9 Å². The van der Waals surface area contributed by atoms with E-state index in [9.17, 15) is 4.79 Å². The van der Waals surface area contributed by atoms with Gasteiger partial charge in [0.25, 0.3) is 0 Å². The maximum atomic E-state index is 10.9. The van der Waals surface area contributed by atoms with E-state index in [1.54, 1.807) is 0 Å². The second-order valence-electron chi connectivity index (χ2n) is 1.84. The van der Waals surface area contributed by atoms with Crippen LogP contribution in [0.4, 0.5) is 0 Å². The molecule has 0 atom stereocenters. The van der Waals surface area contributed by atoms with E-state index in [-0.39, 0.29) is 0 Å². The lowest BCUT2D eigenvalue weighted by molar-refractivity contribution is 0.740. The lowest BCUT2D eigenvalue weighted by Crippen LogP contribution is -2.19. The first kappa shape index (κ1) is 6.47. The van der Waals surface area contributed by atoms with Crippen LogP contribution < -0.4 is 5.69 Å². The van der Waals surface area contributed by atoms with Crippen LogP contribution in [0.2, 0.25) is 0 Å². The molecule has 0 saturated heterocycles. The van der Waals surface area contributed by atoms with Gasteiger partial charge in [0, 0.05) is 0 Å². The standard InChI is InChI=1S/C4H2BrN5O/c5-2-1-6-10-3(2)7-9-8-4(10)11/h1H,(H,7,8,11). The zero-order chi connectivity index (χ0) is 7.84. The minimum absolute atomic E-state index is 0.402. The Morgan fingerprint density at radius 2 is 2.45 bits per heavy atom. The summed E-state index contributed by atoms with van der Waals surface area (Å²) in [4.78, 5) is 10.9. The molecule has 1 N–H and O–H groups in total. The molecule has 56 valence electrons. The Kier molecular flexibility index (Phi) is 1.25. The van der Waals surface area contributed by atoms with Crippen molar-refractivity contribution in [3.8, 4) is 0 Å². The summed E-state index contributed by atoms with van der Waals surface area (Å²) in [6, 6.07) is 0. The van der Waals surface area contributed by atoms with Crippen LogP contribution in [0.5, 0.6) is 0 Å². The first-order valence-electron chi connectivity index (χ1n) is 2.73. The molecule has 0 aliphatic heterocycles. The van der Waals surface area contributed by atoms with Gasteiger partial charge in [-0.3, -0.25) is 0 Å². The first-order valence-corrected chi connectivity index (χ1v) is 3.53. The van der Waals surface area contributed by atoms with Gasteiger partial charge in [-0.1, -0.05) is 5.21 Å². The molecule has 2 aromatic heterocycles. The molecule has 0 amide bonds. The number of nitrogens with zero attached hydrogens (tertiary/aromatic N) is 4. The van der Waals surface area contributed by atoms with Gasteiger partial charge in [0.2, 0.25) is 0 Å². The highest BCUT2D eigenvalue weighted by Crippen LogP contribution is 2.10. The third-order valence-electron chi connectivity index (χ3n) is 1.18. The number of H-pyrrole nitrogens is 1. The fraction of sp³-hybridized carbons (Fsp3) is 0. The van der Waals surface area contributed by atoms with E-state index in [0.717, 1.165) is 4.52 Å². The average molecular weight is 216 g/mol. The van der Waals surface area contributed by atoms with E-state index in [4.69, 9.17) is 0 Å². The predicted octanol–water partition coefficient (Wildman–Crippen LogP) is -0.425. The zero-order valence-electron chi connectivity index (χ0n) is 5.15. The van der Waals surface area contributed by atoms with Gasteiger partial charge in [-0.2, -0.15) is 9.61 Å². The summed E-state index contributed by atoms with van der Waals surface area (Å²) in [6.45, 7) is 0. The van der Waals surface area contributed by atoms with Crippen molar-refractivity contribution in [3.63, 3.8) is 0 Å². The summed E-state index contributed by atoms with van der Waals surface area (Å²) in [5.41, 5.74) is 0.00875. The summed E-state index contributed by atoms with van der Waals surface area (Å²) < 4.78 is 1.77. The number of rotatable bonds is 0. The minimum Gasteiger partial charge on any atom is -0.244 e. The van der Waals surface area contributed by atoms with Crippen LogP contribution >= 0.6 is 15.9 Å². The van der Waals surface area contributed by atoms with Gasteiger partial charge in [0.15, 0.2) is 5.65 Å². The van der Waals surface area contributed by atoms with Gasteiger partial charge in [-0.25, -0.2) is 9.89 Å². The number of hydrogen-bond donors (Lipinski definition) is 1. The summed E-state index contributed by atoms with van der Waals surface area (Å²) in [6.07, 6.45) is 1.49. The quantitative estimate of drug-likeness (QED) is 0.648. The SMILES string of the molecule is O=c1[nH]nnc2c(Br)cnn12. The van der Waals surface area contributed by atoms with Crippen molar-refractivity contribution in [2.24, 2.45) is 0 Å². The second-order valence-corrected chi connectivity index (χ2v) is 2.70. The number of aromatic amines is 1. The molecule has 0 radical (unpaired) electrons. The van der Waals surface area contributed by atoms with Gasteiger partial charge in [-0.15, -0.1) is 5.10 Å². The summed E-state index contributed by atoms with van der Waals surface area (Å²) in [5.74, 6) is 0. The summed E-state index contributed by atoms with van der Waals surface area (Å²) >= 11 is 3.16. The Hall–Kier alpha value is -1.24. The molecule has 2 heterocycles. The monoisotopic (exact) mass is 215 g/mol. The summed E-state index contributed by atoms with van der Waals surface area (Å²) in [7, 11) is 0. The second kappa shape index (κ2) is 2.12. The molecule has 0 unspecified atom stereocenters. The van der Waals surface area contributed by atoms with Gasteiger partial charge in [0.05, 0.1) is 10.7 Å². The van der Waals surface area contributed by atoms with E-state index in [1.165, 1.54) is 6.20 Å². The Bertz CT molecular complexity index is 445. The van der Waals surface area contributed by atoms with Crippen molar-refractivity contribution in [1.82, 2.24) is 25.0 Å². The summed E-state index contributed by atoms with van der Waals surface area (Å²) in [5, 5.41) is 12.9. The minimum atomic E-state index is -0.402. The molecule has 0 spiro atoms. The maximum absolute atomic E-state index is 10.9. The Morgan fingerprint density at radius 1 is 1.64 bits per heavy atom. The molecule has 7 heteroatoms. The molecular formula is C4H2BrN5O. The lowest BCUT2D eigenvalue weighted by Gasteiger charge is -1.85. The highest BCUT2D eigenvalue weighted by Gasteiger charge is 2.03. The molecule has 0 fully saturated rings. The number of aromatic nitrogens is 5. The van der Waals surface area contributed by atoms with Crippen molar-refractivity contribution in [1.29, 1.82) is 0 Å². The molecule has 0 bridgehead atoms. The van der Waals surface area contributed by atoms with Crippen LogP contribution in [0.3, 0.4) is 0 Å². The molecule has 0 aliphatic carbocycles. The fourth-order valence-electron chi connectivity index (χ4n) is 0.723. The van der Waals surface area contributed by atoms with Crippen molar-refractivity contribution >= 4 is 21.6 Å². The fourth-order valence-corrected chi connectivity index (χ4v) is 1.06. The lowest BCUT2D eigenvalue weighted by atomic mass is 10.7.